The molecule has 23 heavy (non-hydrogen) atoms. The summed E-state index contributed by atoms with van der Waals surface area (Å²) in [6.07, 6.45) is 3.84. The molecule has 0 aromatic heterocycles. The molecule has 0 bridgehead atoms. The van der Waals surface area contributed by atoms with E-state index in [4.69, 9.17) is 9.47 Å². The van der Waals surface area contributed by atoms with Crippen molar-refractivity contribution in [2.45, 2.75) is 32.2 Å². The summed E-state index contributed by atoms with van der Waals surface area (Å²) in [5.41, 5.74) is 0.631. The smallest absolute Gasteiger partial charge is 0.251 e. The number of rotatable bonds is 8. The minimum atomic E-state index is -0.0492. The van der Waals surface area contributed by atoms with Crippen molar-refractivity contribution in [3.63, 3.8) is 0 Å². The summed E-state index contributed by atoms with van der Waals surface area (Å²) in [6, 6.07) is 7.89. The number of hydrogen-bond acceptors (Lipinski definition) is 4. The minimum absolute atomic E-state index is 0.0492. The summed E-state index contributed by atoms with van der Waals surface area (Å²) in [5.74, 6) is 0.645. The molecule has 0 aliphatic carbocycles. The molecule has 0 unspecified atom stereocenters. The first-order valence-corrected chi connectivity index (χ1v) is 8.45. The van der Waals surface area contributed by atoms with Crippen molar-refractivity contribution in [3.8, 4) is 5.75 Å². The summed E-state index contributed by atoms with van der Waals surface area (Å²) in [7, 11) is 1.64. The van der Waals surface area contributed by atoms with Gasteiger partial charge in [-0.25, -0.2) is 0 Å². The number of hydrogen-bond donors (Lipinski definition) is 1. The predicted octanol–water partition coefficient (Wildman–Crippen LogP) is 2.32. The van der Waals surface area contributed by atoms with Crippen LogP contribution in [0, 0.1) is 0 Å². The predicted molar refractivity (Wildman–Crippen MR) is 91.0 cm³/mol. The number of carbonyl (C=O) groups is 1. The van der Waals surface area contributed by atoms with E-state index in [2.05, 4.69) is 17.1 Å². The summed E-state index contributed by atoms with van der Waals surface area (Å²) in [5, 5.41) is 3.00. The van der Waals surface area contributed by atoms with Crippen LogP contribution >= 0.6 is 0 Å². The Morgan fingerprint density at radius 3 is 3.00 bits per heavy atom. The third kappa shape index (κ3) is 5.84. The Morgan fingerprint density at radius 2 is 2.22 bits per heavy atom. The molecule has 1 aromatic rings. The highest BCUT2D eigenvalue weighted by Crippen LogP contribution is 2.16. The molecule has 1 aliphatic rings. The second-order valence-electron chi connectivity index (χ2n) is 6.01. The van der Waals surface area contributed by atoms with Crippen LogP contribution in [0.15, 0.2) is 24.3 Å². The molecule has 1 fully saturated rings. The number of carbonyl (C=O) groups excluding carboxylic acids is 1. The molecular formula is C18H28N2O3. The van der Waals surface area contributed by atoms with Gasteiger partial charge in [0.05, 0.1) is 6.61 Å². The van der Waals surface area contributed by atoms with Gasteiger partial charge >= 0.3 is 0 Å². The average Bonchev–Trinajstić information content (AvgIpc) is 2.57. The number of nitrogens with zero attached hydrogens (tertiary/aromatic N) is 1. The fourth-order valence-electron chi connectivity index (χ4n) is 2.87. The van der Waals surface area contributed by atoms with E-state index in [1.54, 1.807) is 13.2 Å². The van der Waals surface area contributed by atoms with E-state index in [0.29, 0.717) is 37.1 Å². The number of amides is 1. The molecule has 0 spiro atoms. The molecule has 1 amide bonds. The Hall–Kier alpha value is -1.59. The van der Waals surface area contributed by atoms with Gasteiger partial charge in [0.25, 0.3) is 5.91 Å². The van der Waals surface area contributed by atoms with Gasteiger partial charge in [0.2, 0.25) is 0 Å². The van der Waals surface area contributed by atoms with Crippen molar-refractivity contribution in [2.75, 3.05) is 40.0 Å². The third-order valence-electron chi connectivity index (χ3n) is 4.28. The Labute approximate surface area is 139 Å². The van der Waals surface area contributed by atoms with E-state index in [1.165, 1.54) is 19.3 Å². The molecule has 5 nitrogen and oxygen atoms in total. The van der Waals surface area contributed by atoms with Crippen molar-refractivity contribution in [1.82, 2.24) is 10.2 Å². The highest BCUT2D eigenvalue weighted by molar-refractivity contribution is 5.94. The van der Waals surface area contributed by atoms with Crippen molar-refractivity contribution >= 4 is 5.91 Å². The van der Waals surface area contributed by atoms with Crippen LogP contribution in [0.5, 0.6) is 5.75 Å². The van der Waals surface area contributed by atoms with Crippen LogP contribution < -0.4 is 10.1 Å². The van der Waals surface area contributed by atoms with Gasteiger partial charge in [0.15, 0.2) is 0 Å². The van der Waals surface area contributed by atoms with Gasteiger partial charge in [-0.1, -0.05) is 12.5 Å². The van der Waals surface area contributed by atoms with E-state index in [9.17, 15) is 4.79 Å². The van der Waals surface area contributed by atoms with Crippen LogP contribution in [0.3, 0.4) is 0 Å². The Morgan fingerprint density at radius 1 is 1.35 bits per heavy atom. The van der Waals surface area contributed by atoms with E-state index >= 15 is 0 Å². The van der Waals surface area contributed by atoms with E-state index < -0.39 is 0 Å². The van der Waals surface area contributed by atoms with Crippen LogP contribution in [0.2, 0.25) is 0 Å². The lowest BCUT2D eigenvalue weighted by Crippen LogP contribution is -2.42. The van der Waals surface area contributed by atoms with Crippen LogP contribution in [-0.4, -0.2) is 56.8 Å². The second-order valence-corrected chi connectivity index (χ2v) is 6.01. The first kappa shape index (κ1) is 17.8. The van der Waals surface area contributed by atoms with Crippen molar-refractivity contribution in [1.29, 1.82) is 0 Å². The maximum Gasteiger partial charge on any atom is 0.251 e. The Bertz CT molecular complexity index is 493. The summed E-state index contributed by atoms with van der Waals surface area (Å²) in [4.78, 5) is 14.7. The maximum atomic E-state index is 12.2. The van der Waals surface area contributed by atoms with Gasteiger partial charge in [-0.15, -0.1) is 0 Å². The number of methoxy groups -OCH3 is 1. The second kappa shape index (κ2) is 9.53. The summed E-state index contributed by atoms with van der Waals surface area (Å²) in [6.45, 7) is 6.01. The first-order chi connectivity index (χ1) is 11.2. The number of nitrogens with one attached hydrogen (secondary N) is 1. The van der Waals surface area contributed by atoms with Gasteiger partial charge in [0, 0.05) is 31.8 Å². The standard InChI is InChI=1S/C18H28N2O3/c1-15-6-3-4-10-20(15)11-9-19-18(21)16-7-5-8-17(14-16)23-13-12-22-2/h5,7-8,14-15H,3-4,6,9-13H2,1-2H3,(H,19,21)/t15-/m1/s1. The van der Waals surface area contributed by atoms with Gasteiger partial charge in [0.1, 0.15) is 12.4 Å². The van der Waals surface area contributed by atoms with Crippen molar-refractivity contribution in [3.05, 3.63) is 29.8 Å². The molecule has 5 heteroatoms. The SMILES string of the molecule is COCCOc1cccc(C(=O)NCCN2CCCC[C@H]2C)c1. The Balaban J connectivity index is 1.77. The van der Waals surface area contributed by atoms with Crippen LogP contribution in [0.4, 0.5) is 0 Å². The third-order valence-corrected chi connectivity index (χ3v) is 4.28. The van der Waals surface area contributed by atoms with Crippen molar-refractivity contribution in [2.24, 2.45) is 0 Å². The fourth-order valence-corrected chi connectivity index (χ4v) is 2.87. The largest absolute Gasteiger partial charge is 0.491 e. The molecule has 128 valence electrons. The zero-order chi connectivity index (χ0) is 16.5. The van der Waals surface area contributed by atoms with Gasteiger partial charge in [-0.05, 0) is 44.5 Å². The number of benzene rings is 1. The Kier molecular flexibility index (Phi) is 7.36. The summed E-state index contributed by atoms with van der Waals surface area (Å²) < 4.78 is 10.5. The molecule has 0 radical (unpaired) electrons. The average molecular weight is 320 g/mol. The van der Waals surface area contributed by atoms with Crippen LogP contribution in [0.25, 0.3) is 0 Å². The van der Waals surface area contributed by atoms with E-state index in [-0.39, 0.29) is 5.91 Å². The monoisotopic (exact) mass is 320 g/mol. The zero-order valence-corrected chi connectivity index (χ0v) is 14.2. The topological polar surface area (TPSA) is 50.8 Å². The molecule has 1 N–H and O–H groups in total. The first-order valence-electron chi connectivity index (χ1n) is 8.45. The number of ether oxygens (including phenoxy) is 2. The molecule has 1 aromatic carbocycles. The van der Waals surface area contributed by atoms with Gasteiger partial charge in [-0.3, -0.25) is 9.69 Å². The fraction of sp³-hybridized carbons (Fsp3) is 0.611. The lowest BCUT2D eigenvalue weighted by atomic mass is 10.0. The molecule has 1 heterocycles. The lowest BCUT2D eigenvalue weighted by Gasteiger charge is -2.33. The van der Waals surface area contributed by atoms with Crippen LogP contribution in [-0.2, 0) is 4.74 Å². The number of piperidine rings is 1. The van der Waals surface area contributed by atoms with Crippen molar-refractivity contribution < 1.29 is 14.3 Å². The van der Waals surface area contributed by atoms with Gasteiger partial charge in [-0.2, -0.15) is 0 Å². The normalized spacial score (nSPS) is 18.6. The maximum absolute atomic E-state index is 12.2. The van der Waals surface area contributed by atoms with E-state index in [0.717, 1.165) is 13.1 Å². The lowest BCUT2D eigenvalue weighted by molar-refractivity contribution is 0.0937. The quantitative estimate of drug-likeness (QED) is 0.747. The molecule has 1 aliphatic heterocycles. The molecule has 1 atom stereocenters. The molecule has 1 saturated heterocycles. The van der Waals surface area contributed by atoms with Crippen LogP contribution in [0.1, 0.15) is 36.5 Å². The highest BCUT2D eigenvalue weighted by atomic mass is 16.5. The zero-order valence-electron chi connectivity index (χ0n) is 14.2. The number of likely N-dealkylation sites (tertiary alicyclic amines) is 1. The molecule has 2 rings (SSSR count). The highest BCUT2D eigenvalue weighted by Gasteiger charge is 2.17. The summed E-state index contributed by atoms with van der Waals surface area (Å²) >= 11 is 0. The molecule has 0 saturated carbocycles. The minimum Gasteiger partial charge on any atom is -0.491 e. The van der Waals surface area contributed by atoms with Gasteiger partial charge < -0.3 is 14.8 Å². The molecular weight excluding hydrogens is 292 g/mol. The van der Waals surface area contributed by atoms with E-state index in [1.807, 2.05) is 18.2 Å².